The van der Waals surface area contributed by atoms with Crippen molar-refractivity contribution in [2.24, 2.45) is 0 Å². The first-order valence-electron chi connectivity index (χ1n) is 7.09. The minimum Gasteiger partial charge on any atom is -0.481 e. The van der Waals surface area contributed by atoms with Gasteiger partial charge < -0.3 is 9.84 Å². The van der Waals surface area contributed by atoms with Crippen molar-refractivity contribution in [2.45, 2.75) is 31.3 Å². The lowest BCUT2D eigenvalue weighted by Gasteiger charge is -2.40. The van der Waals surface area contributed by atoms with E-state index in [4.69, 9.17) is 4.74 Å². The van der Waals surface area contributed by atoms with Crippen LogP contribution in [-0.2, 0) is 9.53 Å². The van der Waals surface area contributed by atoms with E-state index in [-0.39, 0.29) is 5.60 Å². The first-order chi connectivity index (χ1) is 9.54. The summed E-state index contributed by atoms with van der Waals surface area (Å²) in [6.07, 6.45) is 2.08. The van der Waals surface area contributed by atoms with Gasteiger partial charge in [0.1, 0.15) is 0 Å². The highest BCUT2D eigenvalue weighted by molar-refractivity contribution is 5.76. The number of hydrogen-bond acceptors (Lipinski definition) is 3. The van der Waals surface area contributed by atoms with E-state index in [0.717, 1.165) is 31.5 Å². The number of benzene rings is 1. The zero-order valence-electron chi connectivity index (χ0n) is 12.2. The number of nitrogens with zero attached hydrogens (tertiary/aromatic N) is 1. The maximum Gasteiger partial charge on any atom is 0.312 e. The van der Waals surface area contributed by atoms with Crippen LogP contribution in [0.2, 0.25) is 0 Å². The largest absolute Gasteiger partial charge is 0.481 e. The number of aliphatic carboxylic acids is 1. The average Bonchev–Trinajstić information content (AvgIpc) is 2.45. The molecule has 1 heterocycles. The zero-order valence-corrected chi connectivity index (χ0v) is 12.2. The Kier molecular flexibility index (Phi) is 4.78. The van der Waals surface area contributed by atoms with Crippen molar-refractivity contribution in [3.8, 4) is 0 Å². The minimum atomic E-state index is -0.763. The Morgan fingerprint density at radius 2 is 2.15 bits per heavy atom. The van der Waals surface area contributed by atoms with Crippen LogP contribution in [0.25, 0.3) is 0 Å². The highest BCUT2D eigenvalue weighted by Gasteiger charge is 2.33. The molecule has 2 rings (SSSR count). The van der Waals surface area contributed by atoms with Crippen molar-refractivity contribution < 1.29 is 14.6 Å². The van der Waals surface area contributed by atoms with Gasteiger partial charge in [0.05, 0.1) is 11.5 Å². The molecule has 0 spiro atoms. The van der Waals surface area contributed by atoms with Gasteiger partial charge in [0.15, 0.2) is 0 Å². The lowest BCUT2D eigenvalue weighted by Crippen LogP contribution is -2.49. The summed E-state index contributed by atoms with van der Waals surface area (Å²) >= 11 is 0. The molecule has 0 amide bonds. The van der Waals surface area contributed by atoms with Crippen molar-refractivity contribution in [3.63, 3.8) is 0 Å². The van der Waals surface area contributed by atoms with Gasteiger partial charge in [-0.3, -0.25) is 9.69 Å². The first kappa shape index (κ1) is 15.0. The number of likely N-dealkylation sites (tertiary alicyclic amines) is 1. The van der Waals surface area contributed by atoms with Gasteiger partial charge in [-0.2, -0.15) is 0 Å². The fourth-order valence-electron chi connectivity index (χ4n) is 2.90. The molecule has 4 heteroatoms. The molecule has 0 radical (unpaired) electrons. The fourth-order valence-corrected chi connectivity index (χ4v) is 2.90. The molecule has 1 N–H and O–H groups in total. The van der Waals surface area contributed by atoms with Gasteiger partial charge in [-0.05, 0) is 31.9 Å². The summed E-state index contributed by atoms with van der Waals surface area (Å²) in [5.41, 5.74) is 0.711. The molecule has 1 aromatic carbocycles. The highest BCUT2D eigenvalue weighted by Crippen LogP contribution is 2.26. The van der Waals surface area contributed by atoms with Gasteiger partial charge in [0, 0.05) is 20.2 Å². The standard InChI is InChI=1S/C16H23NO3/c1-16(20-2)9-6-10-17(12-16)11-14(15(18)19)13-7-4-3-5-8-13/h3-5,7-8,14H,6,9-12H2,1-2H3,(H,18,19). The number of hydrogen-bond donors (Lipinski definition) is 1. The SMILES string of the molecule is COC1(C)CCCN(CC(C(=O)O)c2ccccc2)C1. The van der Waals surface area contributed by atoms with Crippen LogP contribution in [0.3, 0.4) is 0 Å². The number of carboxylic acids is 1. The van der Waals surface area contributed by atoms with E-state index < -0.39 is 11.9 Å². The van der Waals surface area contributed by atoms with Crippen LogP contribution in [0.15, 0.2) is 30.3 Å². The van der Waals surface area contributed by atoms with Crippen LogP contribution >= 0.6 is 0 Å². The lowest BCUT2D eigenvalue weighted by molar-refractivity contribution is -0.140. The second-order valence-corrected chi connectivity index (χ2v) is 5.79. The molecule has 20 heavy (non-hydrogen) atoms. The summed E-state index contributed by atoms with van der Waals surface area (Å²) in [5.74, 6) is -1.24. The van der Waals surface area contributed by atoms with Crippen molar-refractivity contribution >= 4 is 5.97 Å². The van der Waals surface area contributed by atoms with Crippen LogP contribution in [0, 0.1) is 0 Å². The van der Waals surface area contributed by atoms with Gasteiger partial charge in [0.25, 0.3) is 0 Å². The number of carboxylic acid groups (broad SMARTS) is 1. The third kappa shape index (κ3) is 3.58. The number of ether oxygens (including phenoxy) is 1. The minimum absolute atomic E-state index is 0.155. The number of piperidine rings is 1. The summed E-state index contributed by atoms with van der Waals surface area (Å²) in [6.45, 7) is 4.37. The summed E-state index contributed by atoms with van der Waals surface area (Å²) in [5, 5.41) is 9.49. The third-order valence-electron chi connectivity index (χ3n) is 4.17. The quantitative estimate of drug-likeness (QED) is 0.897. The molecular weight excluding hydrogens is 254 g/mol. The van der Waals surface area contributed by atoms with Crippen LogP contribution in [-0.4, -0.2) is 48.3 Å². The smallest absolute Gasteiger partial charge is 0.312 e. The molecule has 4 nitrogen and oxygen atoms in total. The molecule has 0 bridgehead atoms. The summed E-state index contributed by atoms with van der Waals surface area (Å²) < 4.78 is 5.57. The fraction of sp³-hybridized carbons (Fsp3) is 0.562. The Morgan fingerprint density at radius 1 is 1.45 bits per heavy atom. The Labute approximate surface area is 120 Å². The molecular formula is C16H23NO3. The van der Waals surface area contributed by atoms with Crippen molar-refractivity contribution in [3.05, 3.63) is 35.9 Å². The number of methoxy groups -OCH3 is 1. The predicted octanol–water partition coefficient (Wildman–Crippen LogP) is 2.36. The highest BCUT2D eigenvalue weighted by atomic mass is 16.5. The molecule has 0 aromatic heterocycles. The van der Waals surface area contributed by atoms with E-state index >= 15 is 0 Å². The average molecular weight is 277 g/mol. The van der Waals surface area contributed by atoms with Crippen LogP contribution in [0.5, 0.6) is 0 Å². The Hall–Kier alpha value is -1.39. The number of carbonyl (C=O) groups is 1. The van der Waals surface area contributed by atoms with E-state index in [0.29, 0.717) is 6.54 Å². The topological polar surface area (TPSA) is 49.8 Å². The Morgan fingerprint density at radius 3 is 2.75 bits per heavy atom. The van der Waals surface area contributed by atoms with E-state index in [1.54, 1.807) is 7.11 Å². The van der Waals surface area contributed by atoms with E-state index in [9.17, 15) is 9.90 Å². The van der Waals surface area contributed by atoms with E-state index in [2.05, 4.69) is 11.8 Å². The van der Waals surface area contributed by atoms with Crippen LogP contribution in [0.4, 0.5) is 0 Å². The van der Waals surface area contributed by atoms with Gasteiger partial charge in [-0.15, -0.1) is 0 Å². The normalized spacial score (nSPS) is 25.3. The summed E-state index contributed by atoms with van der Waals surface area (Å²) in [4.78, 5) is 13.8. The molecule has 0 saturated carbocycles. The number of rotatable bonds is 5. The second kappa shape index (κ2) is 6.37. The maximum atomic E-state index is 11.5. The zero-order chi connectivity index (χ0) is 14.6. The maximum absolute atomic E-state index is 11.5. The van der Waals surface area contributed by atoms with Crippen molar-refractivity contribution in [1.82, 2.24) is 4.90 Å². The van der Waals surface area contributed by atoms with Crippen molar-refractivity contribution in [2.75, 3.05) is 26.7 Å². The third-order valence-corrected chi connectivity index (χ3v) is 4.17. The molecule has 1 aliphatic rings. The monoisotopic (exact) mass is 277 g/mol. The van der Waals surface area contributed by atoms with Gasteiger partial charge >= 0.3 is 5.97 Å². The molecule has 1 aliphatic heterocycles. The van der Waals surface area contributed by atoms with Gasteiger partial charge in [-0.25, -0.2) is 0 Å². The molecule has 1 aromatic rings. The van der Waals surface area contributed by atoms with Crippen molar-refractivity contribution in [1.29, 1.82) is 0 Å². The van der Waals surface area contributed by atoms with E-state index in [1.807, 2.05) is 30.3 Å². The second-order valence-electron chi connectivity index (χ2n) is 5.79. The van der Waals surface area contributed by atoms with Gasteiger partial charge in [-0.1, -0.05) is 30.3 Å². The predicted molar refractivity (Wildman–Crippen MR) is 77.9 cm³/mol. The van der Waals surface area contributed by atoms with Crippen LogP contribution in [0.1, 0.15) is 31.2 Å². The summed E-state index contributed by atoms with van der Waals surface area (Å²) in [7, 11) is 1.73. The first-order valence-corrected chi connectivity index (χ1v) is 7.09. The lowest BCUT2D eigenvalue weighted by atomic mass is 9.92. The molecule has 110 valence electrons. The molecule has 1 saturated heterocycles. The molecule has 2 unspecified atom stereocenters. The van der Waals surface area contributed by atoms with Crippen LogP contribution < -0.4 is 0 Å². The summed E-state index contributed by atoms with van der Waals surface area (Å²) in [6, 6.07) is 9.46. The molecule has 2 atom stereocenters. The molecule has 1 fully saturated rings. The Balaban J connectivity index is 2.07. The van der Waals surface area contributed by atoms with Gasteiger partial charge in [0.2, 0.25) is 0 Å². The van der Waals surface area contributed by atoms with E-state index in [1.165, 1.54) is 0 Å². The molecule has 0 aliphatic carbocycles. The Bertz CT molecular complexity index is 448.